The van der Waals surface area contributed by atoms with E-state index in [2.05, 4.69) is 0 Å². The summed E-state index contributed by atoms with van der Waals surface area (Å²) in [4.78, 5) is 14.1. The summed E-state index contributed by atoms with van der Waals surface area (Å²) in [5, 5.41) is 11.7. The van der Waals surface area contributed by atoms with Crippen molar-refractivity contribution in [3.05, 3.63) is 59.5 Å². The third-order valence-electron chi connectivity index (χ3n) is 5.48. The number of aromatic carboxylic acids is 1. The molecule has 0 amide bonds. The van der Waals surface area contributed by atoms with Crippen LogP contribution in [0.2, 0.25) is 0 Å². The third kappa shape index (κ3) is 3.34. The number of carboxylic acids is 1. The van der Waals surface area contributed by atoms with E-state index in [1.54, 1.807) is 12.1 Å². The molecule has 0 unspecified atom stereocenters. The number of nitrogens with zero attached hydrogens (tertiary/aromatic N) is 2. The summed E-state index contributed by atoms with van der Waals surface area (Å²) in [7, 11) is 7.82. The Morgan fingerprint density at radius 3 is 2.35 bits per heavy atom. The van der Waals surface area contributed by atoms with Gasteiger partial charge in [0, 0.05) is 48.4 Å². The molecule has 2 aromatic rings. The van der Waals surface area contributed by atoms with E-state index in [-0.39, 0.29) is 16.9 Å². The maximum absolute atomic E-state index is 12.2. The molecule has 0 bridgehead atoms. The first-order valence-electron chi connectivity index (χ1n) is 9.79. The van der Waals surface area contributed by atoms with Gasteiger partial charge in [0.05, 0.1) is 23.0 Å². The summed E-state index contributed by atoms with van der Waals surface area (Å²) >= 11 is 0. The second-order valence-electron chi connectivity index (χ2n) is 7.92. The van der Waals surface area contributed by atoms with Gasteiger partial charge in [0.2, 0.25) is 5.36 Å². The lowest BCUT2D eigenvalue weighted by Gasteiger charge is -2.19. The molecule has 158 valence electrons. The van der Waals surface area contributed by atoms with Crippen molar-refractivity contribution in [3.63, 3.8) is 0 Å². The second kappa shape index (κ2) is 7.36. The molecule has 0 fully saturated rings. The predicted molar refractivity (Wildman–Crippen MR) is 126 cm³/mol. The highest BCUT2D eigenvalue weighted by atomic mass is 16.4. The van der Waals surface area contributed by atoms with E-state index in [0.717, 1.165) is 27.6 Å². The Balaban J connectivity index is 2.22. The fraction of sp³-hybridized carbons (Fsp3) is 0.167. The van der Waals surface area contributed by atoms with Crippen molar-refractivity contribution in [1.82, 2.24) is 4.58 Å². The van der Waals surface area contributed by atoms with Crippen molar-refractivity contribution in [2.75, 3.05) is 44.6 Å². The van der Waals surface area contributed by atoms with Crippen LogP contribution in [0.5, 0.6) is 0 Å². The molecule has 0 radical (unpaired) electrons. The van der Waals surface area contributed by atoms with Gasteiger partial charge in [0.15, 0.2) is 0 Å². The minimum Gasteiger partial charge on any atom is -0.478 e. The molecular formula is C24H25N4O3+. The molecule has 0 aromatic heterocycles. The largest absolute Gasteiger partial charge is 0.478 e. The van der Waals surface area contributed by atoms with E-state index in [9.17, 15) is 9.90 Å². The SMILES string of the molecule is CN(C)c1ccc2c(-c3ccc(N)c(N)c3C(=O)O)c3ccc(=[N+](C)C)cc-3oc2c1. The molecule has 1 heterocycles. The summed E-state index contributed by atoms with van der Waals surface area (Å²) in [6, 6.07) is 15.1. The fourth-order valence-corrected chi connectivity index (χ4v) is 3.79. The molecular weight excluding hydrogens is 392 g/mol. The van der Waals surface area contributed by atoms with Gasteiger partial charge in [-0.05, 0) is 29.8 Å². The Morgan fingerprint density at radius 2 is 1.71 bits per heavy atom. The fourth-order valence-electron chi connectivity index (χ4n) is 3.79. The van der Waals surface area contributed by atoms with E-state index < -0.39 is 5.97 Å². The molecule has 31 heavy (non-hydrogen) atoms. The predicted octanol–water partition coefficient (Wildman–Crippen LogP) is 3.17. The van der Waals surface area contributed by atoms with Crippen molar-refractivity contribution in [3.8, 4) is 22.5 Å². The number of fused-ring (bicyclic) bond motifs is 2. The number of hydrogen-bond donors (Lipinski definition) is 3. The summed E-state index contributed by atoms with van der Waals surface area (Å²) < 4.78 is 8.27. The lowest BCUT2D eigenvalue weighted by molar-refractivity contribution is 0.0699. The summed E-state index contributed by atoms with van der Waals surface area (Å²) in [5.41, 5.74) is 16.0. The van der Waals surface area contributed by atoms with Crippen LogP contribution in [0.15, 0.2) is 52.9 Å². The minimum atomic E-state index is -1.13. The Morgan fingerprint density at radius 1 is 1.00 bits per heavy atom. The van der Waals surface area contributed by atoms with Crippen LogP contribution in [0.4, 0.5) is 17.1 Å². The Labute approximate surface area is 179 Å². The van der Waals surface area contributed by atoms with Crippen LogP contribution in [0.3, 0.4) is 0 Å². The molecule has 0 spiro atoms. The normalized spacial score (nSPS) is 11.1. The number of nitrogens with two attached hydrogens (primary N) is 2. The van der Waals surface area contributed by atoms with Crippen molar-refractivity contribution >= 4 is 34.0 Å². The molecule has 0 saturated carbocycles. The average molecular weight is 417 g/mol. The third-order valence-corrected chi connectivity index (χ3v) is 5.48. The van der Waals surface area contributed by atoms with Crippen molar-refractivity contribution in [2.24, 2.45) is 0 Å². The van der Waals surface area contributed by atoms with Gasteiger partial charge in [-0.2, -0.15) is 0 Å². The Hall–Kier alpha value is -4.00. The zero-order valence-corrected chi connectivity index (χ0v) is 17.9. The van der Waals surface area contributed by atoms with E-state index in [1.807, 2.05) is 74.1 Å². The van der Waals surface area contributed by atoms with Crippen LogP contribution in [-0.2, 0) is 0 Å². The molecule has 2 aromatic carbocycles. The van der Waals surface area contributed by atoms with Gasteiger partial charge in [0.1, 0.15) is 25.4 Å². The molecule has 7 heteroatoms. The lowest BCUT2D eigenvalue weighted by atomic mass is 9.89. The number of benzene rings is 3. The van der Waals surface area contributed by atoms with Gasteiger partial charge in [-0.15, -0.1) is 0 Å². The number of hydrogen-bond acceptors (Lipinski definition) is 5. The number of rotatable bonds is 3. The summed E-state index contributed by atoms with van der Waals surface area (Å²) in [5.74, 6) is -0.479. The molecule has 1 aliphatic heterocycles. The van der Waals surface area contributed by atoms with Crippen LogP contribution in [0.25, 0.3) is 33.4 Å². The molecule has 5 N–H and O–H groups in total. The van der Waals surface area contributed by atoms with E-state index in [4.69, 9.17) is 15.9 Å². The number of carbonyl (C=O) groups is 1. The molecule has 7 nitrogen and oxygen atoms in total. The van der Waals surface area contributed by atoms with Gasteiger partial charge in [-0.1, -0.05) is 6.07 Å². The molecule has 1 aliphatic carbocycles. The van der Waals surface area contributed by atoms with Crippen molar-refractivity contribution in [2.45, 2.75) is 0 Å². The number of anilines is 3. The van der Waals surface area contributed by atoms with Crippen LogP contribution >= 0.6 is 0 Å². The quantitative estimate of drug-likeness (QED) is 0.268. The first-order chi connectivity index (χ1) is 14.7. The lowest BCUT2D eigenvalue weighted by Crippen LogP contribution is -2.21. The minimum absolute atomic E-state index is 0.0119. The van der Waals surface area contributed by atoms with Gasteiger partial charge in [-0.25, -0.2) is 9.37 Å². The highest BCUT2D eigenvalue weighted by Gasteiger charge is 2.24. The monoisotopic (exact) mass is 417 g/mol. The highest BCUT2D eigenvalue weighted by molar-refractivity contribution is 6.11. The van der Waals surface area contributed by atoms with E-state index >= 15 is 0 Å². The van der Waals surface area contributed by atoms with Gasteiger partial charge < -0.3 is 25.9 Å². The van der Waals surface area contributed by atoms with E-state index in [0.29, 0.717) is 16.9 Å². The molecule has 2 aliphatic rings. The zero-order valence-electron chi connectivity index (χ0n) is 17.9. The van der Waals surface area contributed by atoms with Crippen molar-refractivity contribution in [1.29, 1.82) is 0 Å². The van der Waals surface area contributed by atoms with Crippen LogP contribution in [0.1, 0.15) is 10.4 Å². The van der Waals surface area contributed by atoms with Crippen LogP contribution in [0, 0.1) is 0 Å². The standard InChI is InChI=1S/C24H24N4O3/c1-27(2)13-5-7-15-19(11-13)31-20-12-14(28(3)4)6-8-16(20)21(15)17-9-10-18(25)23(26)22(17)24(29)30/h5-12,25H,26H2,1-4H3,(H,29,30)/p+1. The number of nitrogen functional groups attached to an aromatic ring is 2. The highest BCUT2D eigenvalue weighted by Crippen LogP contribution is 2.43. The maximum Gasteiger partial charge on any atom is 0.338 e. The smallest absolute Gasteiger partial charge is 0.338 e. The van der Waals surface area contributed by atoms with Gasteiger partial charge in [-0.3, -0.25) is 0 Å². The topological polar surface area (TPSA) is 109 Å². The van der Waals surface area contributed by atoms with Crippen LogP contribution < -0.4 is 26.3 Å². The van der Waals surface area contributed by atoms with Crippen LogP contribution in [-0.4, -0.2) is 39.3 Å². The van der Waals surface area contributed by atoms with Gasteiger partial charge >= 0.3 is 5.97 Å². The van der Waals surface area contributed by atoms with Crippen molar-refractivity contribution < 1.29 is 14.3 Å². The zero-order chi connectivity index (χ0) is 22.4. The Kier molecular flexibility index (Phi) is 4.81. The average Bonchev–Trinajstić information content (AvgIpc) is 2.72. The van der Waals surface area contributed by atoms with E-state index in [1.165, 1.54) is 0 Å². The second-order valence-corrected chi connectivity index (χ2v) is 7.92. The molecule has 0 saturated heterocycles. The Bertz CT molecular complexity index is 1380. The maximum atomic E-state index is 12.2. The first kappa shape index (κ1) is 20.3. The van der Waals surface area contributed by atoms with Gasteiger partial charge in [0.25, 0.3) is 0 Å². The first-order valence-corrected chi connectivity index (χ1v) is 9.79. The summed E-state index contributed by atoms with van der Waals surface area (Å²) in [6.07, 6.45) is 0. The summed E-state index contributed by atoms with van der Waals surface area (Å²) in [6.45, 7) is 0. The molecule has 4 rings (SSSR count). The number of carboxylic acid groups (broad SMARTS) is 1. The molecule has 0 atom stereocenters.